The Balaban J connectivity index is 2.21. The molecule has 1 N–H and O–H groups in total. The summed E-state index contributed by atoms with van der Waals surface area (Å²) in [6.45, 7) is 9.27. The summed E-state index contributed by atoms with van der Waals surface area (Å²) in [5.41, 5.74) is -0.0597. The van der Waals surface area contributed by atoms with Crippen LogP contribution in [0.3, 0.4) is 0 Å². The summed E-state index contributed by atoms with van der Waals surface area (Å²) in [5, 5.41) is 13.6. The number of hydrogen-bond donors (Lipinski definition) is 1. The number of ether oxygens (including phenoxy) is 8. The lowest BCUT2D eigenvalue weighted by atomic mass is 10.2. The van der Waals surface area contributed by atoms with Gasteiger partial charge in [-0.15, -0.1) is 0 Å². The van der Waals surface area contributed by atoms with Crippen molar-refractivity contribution in [3.05, 3.63) is 34.4 Å². The Bertz CT molecular complexity index is 1120. The molecular weight excluding hydrogens is 616 g/mol. The van der Waals surface area contributed by atoms with Crippen molar-refractivity contribution in [2.24, 2.45) is 0 Å². The van der Waals surface area contributed by atoms with Gasteiger partial charge >= 0.3 is 5.97 Å². The highest BCUT2D eigenvalue weighted by Crippen LogP contribution is 2.41. The first-order valence-electron chi connectivity index (χ1n) is 14.5. The number of nitrogens with zero attached hydrogens (tertiary/aromatic N) is 1. The molecule has 1 atom stereocenters. The van der Waals surface area contributed by atoms with E-state index in [-0.39, 0.29) is 99.1 Å². The largest absolute Gasteiger partial charge is 0.487 e. The minimum Gasteiger partial charge on any atom is -0.487 e. The second-order valence-electron chi connectivity index (χ2n) is 9.33. The van der Waals surface area contributed by atoms with Crippen LogP contribution < -0.4 is 14.8 Å². The van der Waals surface area contributed by atoms with Gasteiger partial charge in [-0.05, 0) is 6.92 Å². The molecule has 2 aliphatic heterocycles. The van der Waals surface area contributed by atoms with Gasteiger partial charge in [-0.2, -0.15) is 0 Å². The van der Waals surface area contributed by atoms with E-state index in [4.69, 9.17) is 37.9 Å². The summed E-state index contributed by atoms with van der Waals surface area (Å²) in [6.07, 6.45) is 0.0691. The molecule has 1 aromatic rings. The van der Waals surface area contributed by atoms with Crippen LogP contribution in [0.4, 0.5) is 5.69 Å². The molecule has 2 heterocycles. The Morgan fingerprint density at radius 3 is 2.18 bits per heavy atom. The number of carbonyl (C=O) groups excluding carboxylic acids is 3. The van der Waals surface area contributed by atoms with Gasteiger partial charge < -0.3 is 43.2 Å². The van der Waals surface area contributed by atoms with E-state index in [0.29, 0.717) is 33.0 Å². The molecule has 15 nitrogen and oxygen atoms in total. The Morgan fingerprint density at radius 1 is 0.978 bits per heavy atom. The lowest BCUT2D eigenvalue weighted by Gasteiger charge is -2.19. The van der Waals surface area contributed by atoms with Gasteiger partial charge in [0.25, 0.3) is 5.69 Å². The average molecular weight is 659 g/mol. The number of ketones is 1. The first-order chi connectivity index (χ1) is 21.7. The summed E-state index contributed by atoms with van der Waals surface area (Å²) in [4.78, 5) is 48.4. The van der Waals surface area contributed by atoms with E-state index in [2.05, 4.69) is 11.9 Å². The van der Waals surface area contributed by atoms with Gasteiger partial charge in [0, 0.05) is 18.1 Å². The number of rotatable bonds is 11. The predicted octanol–water partition coefficient (Wildman–Crippen LogP) is 2.47. The van der Waals surface area contributed by atoms with Gasteiger partial charge in [-0.3, -0.25) is 19.7 Å². The maximum Gasteiger partial charge on any atom is 0.333 e. The van der Waals surface area contributed by atoms with Gasteiger partial charge in [0.15, 0.2) is 17.3 Å². The minimum atomic E-state index is -1.09. The molecule has 0 aromatic heterocycles. The second kappa shape index (κ2) is 22.3. The van der Waals surface area contributed by atoms with Crippen LogP contribution in [0.1, 0.15) is 26.7 Å². The number of Topliss-reactive ketones (excluding diaryl/α,β-unsaturated/α-hetero) is 1. The van der Waals surface area contributed by atoms with Crippen molar-refractivity contribution in [1.29, 1.82) is 0 Å². The van der Waals surface area contributed by atoms with Crippen LogP contribution in [0.5, 0.6) is 11.5 Å². The molecule has 0 spiro atoms. The molecule has 0 radical (unpaired) electrons. The number of esters is 1. The van der Waals surface area contributed by atoms with E-state index in [1.165, 1.54) is 19.1 Å². The maximum absolute atomic E-state index is 12.8. The Labute approximate surface area is 266 Å². The Kier molecular flexibility index (Phi) is 18.8. The molecule has 16 heteroatoms. The third-order valence-corrected chi connectivity index (χ3v) is 6.97. The summed E-state index contributed by atoms with van der Waals surface area (Å²) in [6, 6.07) is 2.60. The standard InChI is InChI=1S/C29H42N2O13S/c1-4-23(32)28-30-27(33)5-6-37-7-8-38-9-10-39-11-12-40-13-16-42-24-19-22(31(35)36)26(45-28)20-25(24)43-17-14-41-15-18-44-29(34)21(2)3/h19-20,28H,2,4-18H2,1,3H3,(H,30,33). The molecule has 1 aromatic carbocycles. The van der Waals surface area contributed by atoms with E-state index < -0.39 is 22.2 Å². The van der Waals surface area contributed by atoms with Gasteiger partial charge in [0.05, 0.1) is 88.4 Å². The van der Waals surface area contributed by atoms with Crippen molar-refractivity contribution in [3.63, 3.8) is 0 Å². The third kappa shape index (κ3) is 15.5. The lowest BCUT2D eigenvalue weighted by molar-refractivity contribution is -0.387. The van der Waals surface area contributed by atoms with Crippen LogP contribution in [-0.4, -0.2) is 114 Å². The topological polar surface area (TPSA) is 180 Å². The molecule has 3 rings (SSSR count). The molecule has 45 heavy (non-hydrogen) atoms. The quantitative estimate of drug-likeness (QED) is 0.0915. The van der Waals surface area contributed by atoms with Crippen molar-refractivity contribution < 1.29 is 57.2 Å². The molecular formula is C29H42N2O13S. The summed E-state index contributed by atoms with van der Waals surface area (Å²) in [5.74, 6) is -1.06. The fourth-order valence-corrected chi connectivity index (χ4v) is 4.64. The van der Waals surface area contributed by atoms with Gasteiger partial charge in [-0.25, -0.2) is 4.79 Å². The van der Waals surface area contributed by atoms with Gasteiger partial charge in [-0.1, -0.05) is 25.3 Å². The third-order valence-electron chi connectivity index (χ3n) is 5.77. The van der Waals surface area contributed by atoms with Crippen LogP contribution in [-0.2, 0) is 42.8 Å². The zero-order chi connectivity index (χ0) is 32.9. The van der Waals surface area contributed by atoms with Crippen LogP contribution in [0.2, 0.25) is 0 Å². The highest BCUT2D eigenvalue weighted by molar-refractivity contribution is 8.00. The highest BCUT2D eigenvalue weighted by Gasteiger charge is 2.27. The van der Waals surface area contributed by atoms with Crippen molar-refractivity contribution >= 4 is 35.1 Å². The summed E-state index contributed by atoms with van der Waals surface area (Å²) < 4.78 is 43.9. The lowest BCUT2D eigenvalue weighted by Crippen LogP contribution is -2.38. The van der Waals surface area contributed by atoms with E-state index in [1.807, 2.05) is 0 Å². The molecule has 0 saturated carbocycles. The van der Waals surface area contributed by atoms with Gasteiger partial charge in [0.2, 0.25) is 5.91 Å². The van der Waals surface area contributed by atoms with Crippen LogP contribution >= 0.6 is 11.8 Å². The monoisotopic (exact) mass is 658 g/mol. The maximum atomic E-state index is 12.8. The number of nitro groups is 1. The normalized spacial score (nSPS) is 17.8. The summed E-state index contributed by atoms with van der Waals surface area (Å²) in [7, 11) is 0. The SMILES string of the molecule is C=C(C)C(=O)OCCOCCOc1cc2c([N+](=O)[O-])cc1OCCOCCOCCOCCOCCC(=O)NC(C(=O)CC)S2. The molecule has 2 bridgehead atoms. The van der Waals surface area contributed by atoms with Gasteiger partial charge in [0.1, 0.15) is 25.2 Å². The molecule has 0 fully saturated rings. The summed E-state index contributed by atoms with van der Waals surface area (Å²) >= 11 is 0.830. The molecule has 0 saturated heterocycles. The molecule has 2 aliphatic rings. The van der Waals surface area contributed by atoms with E-state index in [9.17, 15) is 24.5 Å². The zero-order valence-corrected chi connectivity index (χ0v) is 26.5. The Hall–Kier alpha value is -3.28. The zero-order valence-electron chi connectivity index (χ0n) is 25.7. The number of fused-ring (bicyclic) bond motifs is 20. The number of amides is 1. The second-order valence-corrected chi connectivity index (χ2v) is 10.5. The minimum absolute atomic E-state index is 0.0210. The van der Waals surface area contributed by atoms with Crippen molar-refractivity contribution in [1.82, 2.24) is 5.32 Å². The predicted molar refractivity (Wildman–Crippen MR) is 162 cm³/mol. The fraction of sp³-hybridized carbons (Fsp3) is 0.621. The number of benzene rings is 1. The number of carbonyl (C=O) groups is 3. The smallest absolute Gasteiger partial charge is 0.333 e. The first kappa shape index (κ1) is 37.9. The van der Waals surface area contributed by atoms with Crippen LogP contribution in [0.25, 0.3) is 0 Å². The molecule has 1 unspecified atom stereocenters. The van der Waals surface area contributed by atoms with E-state index >= 15 is 0 Å². The highest BCUT2D eigenvalue weighted by atomic mass is 32.2. The van der Waals surface area contributed by atoms with Crippen molar-refractivity contribution in [2.75, 3.05) is 85.9 Å². The van der Waals surface area contributed by atoms with E-state index in [0.717, 1.165) is 11.8 Å². The molecule has 1 amide bonds. The number of thioether (sulfide) groups is 1. The molecule has 252 valence electrons. The van der Waals surface area contributed by atoms with Crippen molar-refractivity contribution in [2.45, 2.75) is 37.0 Å². The fourth-order valence-electron chi connectivity index (χ4n) is 3.47. The Morgan fingerprint density at radius 2 is 1.58 bits per heavy atom. The van der Waals surface area contributed by atoms with E-state index in [1.54, 1.807) is 6.92 Å². The number of nitrogens with one attached hydrogen (secondary N) is 1. The number of nitro benzene ring substituents is 1. The first-order valence-corrected chi connectivity index (χ1v) is 15.4. The van der Waals surface area contributed by atoms with Crippen molar-refractivity contribution in [3.8, 4) is 11.5 Å². The van der Waals surface area contributed by atoms with Crippen LogP contribution in [0, 0.1) is 10.1 Å². The molecule has 0 aliphatic carbocycles. The average Bonchev–Trinajstić information content (AvgIpc) is 3.01. The number of hydrogen-bond acceptors (Lipinski definition) is 14. The van der Waals surface area contributed by atoms with Crippen LogP contribution in [0.15, 0.2) is 29.2 Å².